The summed E-state index contributed by atoms with van der Waals surface area (Å²) in [6.45, 7) is 11.4. The number of hydrogen-bond donors (Lipinski definition) is 3. The van der Waals surface area contributed by atoms with E-state index in [1.165, 1.54) is 25.8 Å². The number of nitrogens with zero attached hydrogens (tertiary/aromatic N) is 1. The largest absolute Gasteiger partial charge is 0.463 e. The molecule has 2 aliphatic heterocycles. The first-order valence-electron chi connectivity index (χ1n) is 18.5. The normalized spacial score (nSPS) is 33.1. The Morgan fingerprint density at radius 3 is 2.36 bits per heavy atom. The van der Waals surface area contributed by atoms with Gasteiger partial charge in [-0.3, -0.25) is 19.2 Å². The fourth-order valence-corrected chi connectivity index (χ4v) is 6.62. The van der Waals surface area contributed by atoms with Gasteiger partial charge in [-0.25, -0.2) is 4.79 Å². The maximum Gasteiger partial charge on any atom is 0.332 e. The lowest BCUT2D eigenvalue weighted by Gasteiger charge is -2.34. The van der Waals surface area contributed by atoms with E-state index < -0.39 is 77.8 Å². The number of carbonyl (C=O) groups excluding carboxylic acids is 5. The summed E-state index contributed by atoms with van der Waals surface area (Å²) in [7, 11) is 3.11. The summed E-state index contributed by atoms with van der Waals surface area (Å²) >= 11 is 0. The van der Waals surface area contributed by atoms with Crippen LogP contribution in [0.5, 0.6) is 0 Å². The maximum absolute atomic E-state index is 14.1. The van der Waals surface area contributed by atoms with Gasteiger partial charge in [-0.05, 0) is 57.6 Å². The van der Waals surface area contributed by atoms with E-state index in [1.807, 2.05) is 76.3 Å². The molecular weight excluding hydrogens is 682 g/mol. The van der Waals surface area contributed by atoms with Crippen LogP contribution in [0.3, 0.4) is 0 Å². The van der Waals surface area contributed by atoms with Gasteiger partial charge >= 0.3 is 11.9 Å². The van der Waals surface area contributed by atoms with Crippen LogP contribution in [0.15, 0.2) is 54.1 Å². The van der Waals surface area contributed by atoms with Gasteiger partial charge in [0.05, 0.1) is 23.7 Å². The standard InChI is InChI=1S/C40H57N3O10/c1-10-23(2)31-35(45)41-28(22-51-36(46)27-19-20-27)34(44)42-33(39(5,6)49)37(47)52-32(26-17-12-11-13-18-26)25(4)16-14-15-24(3)29(50-9)21-30-40(7,53-30)38(48)43(31)8/h11-18,23,25,27-33,49H,10,19-22H2,1-9H3,(H,41,45)(H,42,44)/b16-14+,24-15+/t23-,25+,28+,29+,30-,31-,32-,33+,40+/m0/s1. The van der Waals surface area contributed by atoms with Crippen molar-refractivity contribution < 1.29 is 48.0 Å². The number of fused-ring (bicyclic) bond motifs is 1. The molecule has 2 heterocycles. The summed E-state index contributed by atoms with van der Waals surface area (Å²) in [6.07, 6.45) is 6.18. The first-order chi connectivity index (χ1) is 24.9. The summed E-state index contributed by atoms with van der Waals surface area (Å²) in [5.74, 6) is -4.38. The second-order valence-electron chi connectivity index (χ2n) is 15.4. The van der Waals surface area contributed by atoms with Gasteiger partial charge in [-0.1, -0.05) is 75.8 Å². The highest BCUT2D eigenvalue weighted by Gasteiger charge is 2.61. The predicted molar refractivity (Wildman–Crippen MR) is 196 cm³/mol. The SMILES string of the molecule is CC[C@H](C)[C@H]1C(=O)N[C@H](COC(=O)C2CC2)C(=O)N[C@@H](C(C)(C)O)C(=O)O[C@H](c2ccccc2)[C@H](C)/C=C/C=C(\C)[C@H](OC)C[C@@H]2O[C@@]2(C)C(=O)N1C. The minimum absolute atomic E-state index is 0.281. The zero-order valence-electron chi connectivity index (χ0n) is 32.4. The van der Waals surface area contributed by atoms with Crippen molar-refractivity contribution >= 4 is 29.7 Å². The van der Waals surface area contributed by atoms with Crippen molar-refractivity contribution in [3.05, 3.63) is 59.7 Å². The number of cyclic esters (lactones) is 1. The molecule has 53 heavy (non-hydrogen) atoms. The van der Waals surface area contributed by atoms with Crippen LogP contribution in [0.4, 0.5) is 0 Å². The zero-order chi connectivity index (χ0) is 39.2. The molecule has 1 saturated heterocycles. The molecule has 0 spiro atoms. The van der Waals surface area contributed by atoms with Crippen molar-refractivity contribution in [3.63, 3.8) is 0 Å². The number of ether oxygens (including phenoxy) is 4. The highest BCUT2D eigenvalue weighted by Crippen LogP contribution is 2.42. The molecule has 3 N–H and O–H groups in total. The van der Waals surface area contributed by atoms with Crippen molar-refractivity contribution in [2.24, 2.45) is 17.8 Å². The van der Waals surface area contributed by atoms with E-state index in [9.17, 15) is 29.1 Å². The van der Waals surface area contributed by atoms with Gasteiger partial charge in [0.1, 0.15) is 24.8 Å². The average Bonchev–Trinajstić information content (AvgIpc) is 4.06. The van der Waals surface area contributed by atoms with Crippen LogP contribution in [0.25, 0.3) is 0 Å². The molecule has 1 aromatic rings. The first-order valence-corrected chi connectivity index (χ1v) is 18.5. The number of allylic oxidation sites excluding steroid dienone is 2. The van der Waals surface area contributed by atoms with Crippen molar-refractivity contribution in [1.29, 1.82) is 0 Å². The molecule has 13 nitrogen and oxygen atoms in total. The quantitative estimate of drug-likeness (QED) is 0.265. The minimum atomic E-state index is -1.82. The Morgan fingerprint density at radius 2 is 1.77 bits per heavy atom. The number of carbonyl (C=O) groups is 5. The predicted octanol–water partition coefficient (Wildman–Crippen LogP) is 3.55. The van der Waals surface area contributed by atoms with Crippen LogP contribution in [0.1, 0.15) is 85.8 Å². The lowest BCUT2D eigenvalue weighted by atomic mass is 9.93. The van der Waals surface area contributed by atoms with E-state index >= 15 is 0 Å². The second kappa shape index (κ2) is 17.4. The highest BCUT2D eigenvalue weighted by molar-refractivity contribution is 5.96. The molecular formula is C40H57N3O10. The molecule has 13 heteroatoms. The Morgan fingerprint density at radius 1 is 1.11 bits per heavy atom. The Labute approximate surface area is 312 Å². The average molecular weight is 740 g/mol. The van der Waals surface area contributed by atoms with Crippen LogP contribution >= 0.6 is 0 Å². The molecule has 2 fully saturated rings. The Hall–Kier alpha value is -4.07. The van der Waals surface area contributed by atoms with E-state index in [1.54, 1.807) is 14.0 Å². The van der Waals surface area contributed by atoms with E-state index in [2.05, 4.69) is 10.6 Å². The first kappa shape index (κ1) is 41.7. The Balaban J connectivity index is 1.76. The fourth-order valence-electron chi connectivity index (χ4n) is 6.62. The number of epoxide rings is 1. The molecule has 0 radical (unpaired) electrons. The van der Waals surface area contributed by atoms with E-state index in [4.69, 9.17) is 18.9 Å². The van der Waals surface area contributed by atoms with Crippen LogP contribution in [0, 0.1) is 17.8 Å². The second-order valence-corrected chi connectivity index (χ2v) is 15.4. The monoisotopic (exact) mass is 739 g/mol. The molecule has 292 valence electrons. The van der Waals surface area contributed by atoms with Crippen LogP contribution in [0.2, 0.25) is 0 Å². The summed E-state index contributed by atoms with van der Waals surface area (Å²) in [5, 5.41) is 16.4. The molecule has 4 rings (SSSR count). The van der Waals surface area contributed by atoms with Gasteiger partial charge in [-0.2, -0.15) is 0 Å². The van der Waals surface area contributed by atoms with Gasteiger partial charge in [0.2, 0.25) is 11.8 Å². The highest BCUT2D eigenvalue weighted by atomic mass is 16.6. The smallest absolute Gasteiger partial charge is 0.332 e. The number of esters is 2. The van der Waals surface area contributed by atoms with Gasteiger partial charge in [0.15, 0.2) is 11.6 Å². The molecule has 3 amide bonds. The van der Waals surface area contributed by atoms with Crippen molar-refractivity contribution in [1.82, 2.24) is 15.5 Å². The summed E-state index contributed by atoms with van der Waals surface area (Å²) in [6, 6.07) is 5.02. The van der Waals surface area contributed by atoms with E-state index in [0.717, 1.165) is 5.57 Å². The van der Waals surface area contributed by atoms with Crippen molar-refractivity contribution in [3.8, 4) is 0 Å². The van der Waals surface area contributed by atoms with Gasteiger partial charge < -0.3 is 39.6 Å². The maximum atomic E-state index is 14.1. The number of methoxy groups -OCH3 is 1. The molecule has 3 aliphatic rings. The third-order valence-corrected chi connectivity index (χ3v) is 10.6. The van der Waals surface area contributed by atoms with Crippen molar-refractivity contribution in [2.75, 3.05) is 20.8 Å². The Bertz CT molecular complexity index is 1550. The van der Waals surface area contributed by atoms with Crippen LogP contribution in [-0.2, 0) is 42.9 Å². The lowest BCUT2D eigenvalue weighted by Crippen LogP contribution is -2.62. The lowest BCUT2D eigenvalue weighted by molar-refractivity contribution is -0.162. The summed E-state index contributed by atoms with van der Waals surface area (Å²) < 4.78 is 23.3. The number of aliphatic hydroxyl groups is 1. The van der Waals surface area contributed by atoms with Gasteiger partial charge in [0, 0.05) is 26.5 Å². The molecule has 0 aromatic heterocycles. The number of nitrogens with one attached hydrogen (secondary N) is 2. The van der Waals surface area contributed by atoms with Gasteiger partial charge in [-0.15, -0.1) is 0 Å². The number of rotatable bonds is 8. The van der Waals surface area contributed by atoms with Crippen molar-refractivity contribution in [2.45, 2.75) is 122 Å². The third kappa shape index (κ3) is 10.3. The molecule has 1 aromatic carbocycles. The molecule has 1 aliphatic carbocycles. The summed E-state index contributed by atoms with van der Waals surface area (Å²) in [5.41, 5.74) is -1.46. The van der Waals surface area contributed by atoms with Crippen LogP contribution < -0.4 is 10.6 Å². The van der Waals surface area contributed by atoms with Crippen LogP contribution in [-0.4, -0.2) is 102 Å². The van der Waals surface area contributed by atoms with E-state index in [0.29, 0.717) is 31.2 Å². The number of hydrogen-bond acceptors (Lipinski definition) is 10. The molecule has 0 unspecified atom stereocenters. The number of amides is 3. The molecule has 9 atom stereocenters. The van der Waals surface area contributed by atoms with E-state index in [-0.39, 0.29) is 23.9 Å². The number of benzene rings is 1. The zero-order valence-corrected chi connectivity index (χ0v) is 32.4. The molecule has 0 bridgehead atoms. The topological polar surface area (TPSA) is 173 Å². The van der Waals surface area contributed by atoms with Gasteiger partial charge in [0.25, 0.3) is 5.91 Å². The molecule has 1 saturated carbocycles. The Kier molecular flexibility index (Phi) is 13.7. The third-order valence-electron chi connectivity index (χ3n) is 10.6. The number of likely N-dealkylation sites (N-methyl/N-ethyl adjacent to an activating group) is 1. The fraction of sp³-hybridized carbons (Fsp3) is 0.625. The summed E-state index contributed by atoms with van der Waals surface area (Å²) in [4.78, 5) is 70.0. The minimum Gasteiger partial charge on any atom is -0.463 e.